The van der Waals surface area contributed by atoms with Gasteiger partial charge in [-0.05, 0) is 31.2 Å². The molecule has 5 nitrogen and oxygen atoms in total. The number of rotatable bonds is 5. The zero-order chi connectivity index (χ0) is 17.8. The van der Waals surface area contributed by atoms with Crippen LogP contribution in [-0.4, -0.2) is 23.8 Å². The van der Waals surface area contributed by atoms with Gasteiger partial charge in [0.25, 0.3) is 5.91 Å². The van der Waals surface area contributed by atoms with Crippen LogP contribution >= 0.6 is 15.9 Å². The number of benzene rings is 2. The van der Waals surface area contributed by atoms with Crippen LogP contribution in [0.2, 0.25) is 0 Å². The third kappa shape index (κ3) is 3.58. The molecule has 0 radical (unpaired) electrons. The molecule has 0 fully saturated rings. The van der Waals surface area contributed by atoms with Crippen LogP contribution < -0.4 is 10.2 Å². The van der Waals surface area contributed by atoms with Gasteiger partial charge in [0, 0.05) is 33.7 Å². The van der Waals surface area contributed by atoms with Crippen LogP contribution in [-0.2, 0) is 6.54 Å². The van der Waals surface area contributed by atoms with E-state index in [1.807, 2.05) is 30.5 Å². The van der Waals surface area contributed by atoms with E-state index in [-0.39, 0.29) is 5.91 Å². The summed E-state index contributed by atoms with van der Waals surface area (Å²) in [4.78, 5) is 12.4. The van der Waals surface area contributed by atoms with Crippen molar-refractivity contribution in [3.63, 3.8) is 0 Å². The number of nitrogens with one attached hydrogen (secondary N) is 1. The largest absolute Gasteiger partial charge is 0.496 e. The average molecular weight is 400 g/mol. The van der Waals surface area contributed by atoms with Crippen molar-refractivity contribution in [2.75, 3.05) is 7.11 Å². The van der Waals surface area contributed by atoms with Crippen LogP contribution in [0.25, 0.3) is 10.9 Å². The van der Waals surface area contributed by atoms with Crippen LogP contribution in [0, 0.1) is 0 Å². The molecule has 0 unspecified atom stereocenters. The Bertz CT molecular complexity index is 947. The molecule has 3 aromatic rings. The number of methoxy groups -OCH3 is 1. The Morgan fingerprint density at radius 3 is 2.88 bits per heavy atom. The maximum atomic E-state index is 12.4. The highest BCUT2D eigenvalue weighted by atomic mass is 79.9. The summed E-state index contributed by atoms with van der Waals surface area (Å²) in [5.41, 5.74) is 5.09. The highest BCUT2D eigenvalue weighted by Gasteiger charge is 2.12. The summed E-state index contributed by atoms with van der Waals surface area (Å²) >= 11 is 3.36. The molecule has 1 heterocycles. The molecule has 0 aliphatic rings. The Morgan fingerprint density at radius 2 is 2.12 bits per heavy atom. The Balaban J connectivity index is 1.82. The lowest BCUT2D eigenvalue weighted by molar-refractivity contribution is 0.0952. The second-order valence-electron chi connectivity index (χ2n) is 5.43. The van der Waals surface area contributed by atoms with Gasteiger partial charge in [-0.2, -0.15) is 5.10 Å². The summed E-state index contributed by atoms with van der Waals surface area (Å²) in [7, 11) is 1.53. The number of hydrogen-bond donors (Lipinski definition) is 1. The van der Waals surface area contributed by atoms with Gasteiger partial charge in [-0.25, -0.2) is 5.43 Å². The van der Waals surface area contributed by atoms with E-state index in [1.165, 1.54) is 7.11 Å². The van der Waals surface area contributed by atoms with Gasteiger partial charge < -0.3 is 9.30 Å². The molecule has 1 amide bonds. The predicted molar refractivity (Wildman–Crippen MR) is 103 cm³/mol. The summed E-state index contributed by atoms with van der Waals surface area (Å²) in [6, 6.07) is 13.4. The van der Waals surface area contributed by atoms with Crippen molar-refractivity contribution in [3.8, 4) is 5.75 Å². The number of ether oxygens (including phenoxy) is 1. The van der Waals surface area contributed by atoms with Crippen LogP contribution in [0.1, 0.15) is 22.8 Å². The normalized spacial score (nSPS) is 11.2. The zero-order valence-corrected chi connectivity index (χ0v) is 15.6. The van der Waals surface area contributed by atoms with Crippen molar-refractivity contribution < 1.29 is 9.53 Å². The van der Waals surface area contributed by atoms with Crippen LogP contribution in [0.4, 0.5) is 0 Å². The Labute approximate surface area is 154 Å². The average Bonchev–Trinajstić information content (AvgIpc) is 2.99. The van der Waals surface area contributed by atoms with E-state index < -0.39 is 0 Å². The number of nitrogens with zero attached hydrogens (tertiary/aromatic N) is 2. The first kappa shape index (κ1) is 17.2. The summed E-state index contributed by atoms with van der Waals surface area (Å²) in [5, 5.41) is 5.21. The summed E-state index contributed by atoms with van der Waals surface area (Å²) in [6.45, 7) is 2.96. The minimum atomic E-state index is -0.325. The van der Waals surface area contributed by atoms with Crippen molar-refractivity contribution in [1.82, 2.24) is 9.99 Å². The van der Waals surface area contributed by atoms with E-state index in [1.54, 1.807) is 18.3 Å². The fourth-order valence-corrected chi connectivity index (χ4v) is 3.08. The fraction of sp³-hybridized carbons (Fsp3) is 0.158. The molecule has 0 bridgehead atoms. The topological polar surface area (TPSA) is 55.6 Å². The molecule has 0 atom stereocenters. The fourth-order valence-electron chi connectivity index (χ4n) is 2.72. The minimum absolute atomic E-state index is 0.325. The monoisotopic (exact) mass is 399 g/mol. The third-order valence-corrected chi connectivity index (χ3v) is 4.43. The first-order valence-electron chi connectivity index (χ1n) is 7.89. The van der Waals surface area contributed by atoms with Crippen molar-refractivity contribution in [3.05, 3.63) is 64.3 Å². The maximum absolute atomic E-state index is 12.4. The lowest BCUT2D eigenvalue weighted by Gasteiger charge is -2.07. The van der Waals surface area contributed by atoms with Crippen LogP contribution in [0.15, 0.2) is 58.2 Å². The number of aromatic nitrogens is 1. The van der Waals surface area contributed by atoms with Crippen molar-refractivity contribution in [2.24, 2.45) is 5.10 Å². The number of amides is 1. The number of aryl methyl sites for hydroxylation is 1. The Hall–Kier alpha value is -2.60. The highest BCUT2D eigenvalue weighted by Crippen LogP contribution is 2.23. The lowest BCUT2D eigenvalue weighted by Crippen LogP contribution is -2.18. The number of halogens is 1. The number of hydrazone groups is 1. The molecule has 0 aliphatic carbocycles. The second kappa shape index (κ2) is 7.53. The van der Waals surface area contributed by atoms with Gasteiger partial charge in [0.05, 0.1) is 18.9 Å². The Morgan fingerprint density at radius 1 is 1.32 bits per heavy atom. The molecule has 6 heteroatoms. The van der Waals surface area contributed by atoms with Crippen molar-refractivity contribution in [1.29, 1.82) is 0 Å². The predicted octanol–water partition coefficient (Wildman–Crippen LogP) is 4.20. The number of carbonyl (C=O) groups excluding carboxylic acids is 1. The molecule has 3 rings (SSSR count). The van der Waals surface area contributed by atoms with E-state index in [0.29, 0.717) is 11.3 Å². The van der Waals surface area contributed by atoms with Crippen LogP contribution in [0.5, 0.6) is 5.75 Å². The smallest absolute Gasteiger partial charge is 0.275 e. The number of hydrogen-bond acceptors (Lipinski definition) is 3. The van der Waals surface area contributed by atoms with E-state index in [9.17, 15) is 4.79 Å². The van der Waals surface area contributed by atoms with Gasteiger partial charge >= 0.3 is 0 Å². The molecular weight excluding hydrogens is 382 g/mol. The zero-order valence-electron chi connectivity index (χ0n) is 14.0. The number of para-hydroxylation sites is 1. The van der Waals surface area contributed by atoms with E-state index in [0.717, 1.165) is 27.5 Å². The molecule has 1 N–H and O–H groups in total. The second-order valence-corrected chi connectivity index (χ2v) is 6.35. The summed E-state index contributed by atoms with van der Waals surface area (Å²) < 4.78 is 8.17. The van der Waals surface area contributed by atoms with Crippen molar-refractivity contribution in [2.45, 2.75) is 13.5 Å². The number of carbonyl (C=O) groups is 1. The summed E-state index contributed by atoms with van der Waals surface area (Å²) in [6.07, 6.45) is 3.69. The summed E-state index contributed by atoms with van der Waals surface area (Å²) in [5.74, 6) is 0.173. The molecule has 1 aromatic heterocycles. The molecule has 25 heavy (non-hydrogen) atoms. The highest BCUT2D eigenvalue weighted by molar-refractivity contribution is 9.10. The van der Waals surface area contributed by atoms with E-state index in [4.69, 9.17) is 4.74 Å². The number of fused-ring (bicyclic) bond motifs is 1. The van der Waals surface area contributed by atoms with Crippen LogP contribution in [0.3, 0.4) is 0 Å². The van der Waals surface area contributed by atoms with E-state index in [2.05, 4.69) is 44.0 Å². The molecule has 0 aliphatic heterocycles. The molecule has 0 spiro atoms. The van der Waals surface area contributed by atoms with Crippen molar-refractivity contribution >= 4 is 39.0 Å². The third-order valence-electron chi connectivity index (χ3n) is 3.94. The van der Waals surface area contributed by atoms with Gasteiger partial charge in [-0.1, -0.05) is 34.1 Å². The first-order valence-corrected chi connectivity index (χ1v) is 8.68. The Kier molecular flexibility index (Phi) is 5.19. The van der Waals surface area contributed by atoms with Gasteiger partial charge in [-0.15, -0.1) is 0 Å². The first-order chi connectivity index (χ1) is 12.1. The molecule has 2 aromatic carbocycles. The van der Waals surface area contributed by atoms with Gasteiger partial charge in [0.15, 0.2) is 0 Å². The van der Waals surface area contributed by atoms with Gasteiger partial charge in [0.2, 0.25) is 0 Å². The molecule has 128 valence electrons. The molecular formula is C19H18BrN3O2. The quantitative estimate of drug-likeness (QED) is 0.516. The van der Waals surface area contributed by atoms with Gasteiger partial charge in [-0.3, -0.25) is 4.79 Å². The maximum Gasteiger partial charge on any atom is 0.275 e. The van der Waals surface area contributed by atoms with Gasteiger partial charge in [0.1, 0.15) is 5.75 Å². The SMILES string of the molecule is CCn1cc(/C=N\NC(=O)c2cc(Br)ccc2OC)c2ccccc21. The van der Waals surface area contributed by atoms with E-state index >= 15 is 0 Å². The minimum Gasteiger partial charge on any atom is -0.496 e. The molecule has 0 saturated carbocycles. The lowest BCUT2D eigenvalue weighted by atomic mass is 10.2. The molecule has 0 saturated heterocycles. The standard InChI is InChI=1S/C19H18BrN3O2/c1-3-23-12-13(15-6-4-5-7-17(15)23)11-21-22-19(24)16-10-14(20)8-9-18(16)25-2/h4-12H,3H2,1-2H3,(H,22,24)/b21-11-.